The van der Waals surface area contributed by atoms with Gasteiger partial charge in [-0.2, -0.15) is 0 Å². The lowest BCUT2D eigenvalue weighted by atomic mass is 10.3. The molecule has 0 spiro atoms. The molecule has 0 aliphatic rings. The molecule has 2 aromatic heterocycles. The number of anilines is 1. The highest BCUT2D eigenvalue weighted by molar-refractivity contribution is 7.27. The predicted molar refractivity (Wildman–Crippen MR) is 80.8 cm³/mol. The van der Waals surface area contributed by atoms with Gasteiger partial charge in [-0.3, -0.25) is 4.79 Å². The summed E-state index contributed by atoms with van der Waals surface area (Å²) in [4.78, 5) is 12.7. The van der Waals surface area contributed by atoms with Crippen LogP contribution in [0, 0.1) is 0 Å². The molecule has 2 heterocycles. The summed E-state index contributed by atoms with van der Waals surface area (Å²) in [5.41, 5.74) is 0.487. The highest BCUT2D eigenvalue weighted by atomic mass is 35.5. The van der Waals surface area contributed by atoms with Crippen molar-refractivity contribution in [3.05, 3.63) is 45.6 Å². The summed E-state index contributed by atoms with van der Waals surface area (Å²) < 4.78 is 2.21. The van der Waals surface area contributed by atoms with Crippen LogP contribution in [0.5, 0.6) is 5.75 Å². The minimum atomic E-state index is -0.194. The summed E-state index contributed by atoms with van der Waals surface area (Å²) in [6.45, 7) is 0. The third-order valence-electron chi connectivity index (χ3n) is 2.56. The average molecular weight is 310 g/mol. The van der Waals surface area contributed by atoms with Crippen LogP contribution in [0.3, 0.4) is 0 Å². The van der Waals surface area contributed by atoms with Crippen molar-refractivity contribution in [2.45, 2.75) is 0 Å². The number of hydrogen-bond donors (Lipinski definition) is 2. The first-order valence-corrected chi connectivity index (χ1v) is 7.48. The molecular formula is C13H8ClNO2S2. The predicted octanol–water partition coefficient (Wildman–Crippen LogP) is 4.57. The van der Waals surface area contributed by atoms with Gasteiger partial charge in [0.25, 0.3) is 5.91 Å². The monoisotopic (exact) mass is 309 g/mol. The number of hydrogen-bond acceptors (Lipinski definition) is 4. The van der Waals surface area contributed by atoms with E-state index in [1.54, 1.807) is 17.4 Å². The molecule has 96 valence electrons. The summed E-state index contributed by atoms with van der Waals surface area (Å²) >= 11 is 9.00. The minimum absolute atomic E-state index is 0.0691. The molecule has 0 fully saturated rings. The van der Waals surface area contributed by atoms with Gasteiger partial charge in [-0.15, -0.1) is 22.7 Å². The fraction of sp³-hybridized carbons (Fsp3) is 0. The van der Waals surface area contributed by atoms with Crippen LogP contribution >= 0.6 is 34.3 Å². The van der Waals surface area contributed by atoms with Gasteiger partial charge in [0.05, 0.1) is 15.6 Å². The maximum Gasteiger partial charge on any atom is 0.265 e. The van der Waals surface area contributed by atoms with Crippen LogP contribution in [0.15, 0.2) is 35.7 Å². The Morgan fingerprint density at radius 3 is 2.79 bits per heavy atom. The molecule has 0 atom stereocenters. The van der Waals surface area contributed by atoms with Crippen molar-refractivity contribution in [3.63, 3.8) is 0 Å². The number of carbonyl (C=O) groups is 1. The first-order chi connectivity index (χ1) is 9.13. The number of thiophene rings is 2. The van der Waals surface area contributed by atoms with Crippen molar-refractivity contribution in [1.82, 2.24) is 0 Å². The molecule has 0 aliphatic heterocycles. The van der Waals surface area contributed by atoms with E-state index in [0.717, 1.165) is 9.40 Å². The zero-order valence-electron chi connectivity index (χ0n) is 9.51. The molecule has 1 aromatic carbocycles. The molecule has 3 rings (SSSR count). The number of halogens is 1. The number of nitrogens with one attached hydrogen (secondary N) is 1. The maximum absolute atomic E-state index is 12.1. The van der Waals surface area contributed by atoms with E-state index in [-0.39, 0.29) is 11.7 Å². The number of amides is 1. The topological polar surface area (TPSA) is 49.3 Å². The van der Waals surface area contributed by atoms with Gasteiger partial charge < -0.3 is 10.4 Å². The van der Waals surface area contributed by atoms with E-state index in [0.29, 0.717) is 15.6 Å². The summed E-state index contributed by atoms with van der Waals surface area (Å²) in [7, 11) is 0. The van der Waals surface area contributed by atoms with Crippen LogP contribution in [0.4, 0.5) is 5.69 Å². The largest absolute Gasteiger partial charge is 0.508 e. The van der Waals surface area contributed by atoms with E-state index in [1.807, 2.05) is 17.5 Å². The quantitative estimate of drug-likeness (QED) is 0.681. The second kappa shape index (κ2) is 4.85. The number of fused-ring (bicyclic) bond motifs is 1. The molecule has 0 unspecified atom stereocenters. The molecule has 0 saturated heterocycles. The van der Waals surface area contributed by atoms with Crippen LogP contribution in [-0.4, -0.2) is 11.0 Å². The average Bonchev–Trinajstić information content (AvgIpc) is 2.93. The second-order valence-corrected chi connectivity index (χ2v) is 6.32. The van der Waals surface area contributed by atoms with Gasteiger partial charge in [0.1, 0.15) is 5.75 Å². The first kappa shape index (κ1) is 12.5. The molecule has 3 aromatic rings. The Bertz CT molecular complexity index is 734. The first-order valence-electron chi connectivity index (χ1n) is 5.40. The number of rotatable bonds is 2. The van der Waals surface area contributed by atoms with Crippen LogP contribution < -0.4 is 5.32 Å². The zero-order chi connectivity index (χ0) is 13.4. The third-order valence-corrected chi connectivity index (χ3v) is 4.97. The van der Waals surface area contributed by atoms with Crippen molar-refractivity contribution < 1.29 is 9.90 Å². The Morgan fingerprint density at radius 2 is 2.05 bits per heavy atom. The molecule has 6 heteroatoms. The van der Waals surface area contributed by atoms with Gasteiger partial charge in [0.2, 0.25) is 0 Å². The number of benzene rings is 1. The standard InChI is InChI=1S/C13H8ClNO2S2/c14-8-5-7(16)1-2-9(8)15-13(17)12-6-11-10(19-12)3-4-18-11/h1-6,16H,(H,15,17). The molecule has 0 radical (unpaired) electrons. The van der Waals surface area contributed by atoms with Crippen LogP contribution in [-0.2, 0) is 0 Å². The number of carbonyl (C=O) groups excluding carboxylic acids is 1. The van der Waals surface area contributed by atoms with E-state index in [1.165, 1.54) is 23.5 Å². The Labute approximate surface area is 122 Å². The van der Waals surface area contributed by atoms with E-state index in [2.05, 4.69) is 5.32 Å². The molecule has 19 heavy (non-hydrogen) atoms. The smallest absolute Gasteiger partial charge is 0.265 e. The highest BCUT2D eigenvalue weighted by Crippen LogP contribution is 2.31. The second-order valence-electron chi connectivity index (χ2n) is 3.88. The number of aromatic hydroxyl groups is 1. The van der Waals surface area contributed by atoms with Crippen molar-refractivity contribution in [2.24, 2.45) is 0 Å². The number of phenols is 1. The number of phenolic OH excluding ortho intramolecular Hbond substituents is 1. The fourth-order valence-electron chi connectivity index (χ4n) is 1.67. The summed E-state index contributed by atoms with van der Waals surface area (Å²) in [6, 6.07) is 8.31. The Morgan fingerprint density at radius 1 is 1.21 bits per heavy atom. The lowest BCUT2D eigenvalue weighted by molar-refractivity contribution is 0.103. The summed E-state index contributed by atoms with van der Waals surface area (Å²) in [6.07, 6.45) is 0. The van der Waals surface area contributed by atoms with Gasteiger partial charge in [-0.05, 0) is 29.6 Å². The molecule has 0 bridgehead atoms. The Hall–Kier alpha value is -1.56. The zero-order valence-corrected chi connectivity index (χ0v) is 11.9. The third kappa shape index (κ3) is 2.45. The molecule has 2 N–H and O–H groups in total. The van der Waals surface area contributed by atoms with Gasteiger partial charge in [0, 0.05) is 15.5 Å². The highest BCUT2D eigenvalue weighted by Gasteiger charge is 2.12. The van der Waals surface area contributed by atoms with Crippen LogP contribution in [0.25, 0.3) is 9.40 Å². The van der Waals surface area contributed by atoms with Gasteiger partial charge in [-0.1, -0.05) is 11.6 Å². The lowest BCUT2D eigenvalue weighted by Crippen LogP contribution is -2.10. The van der Waals surface area contributed by atoms with E-state index < -0.39 is 0 Å². The normalized spacial score (nSPS) is 10.8. The molecule has 0 saturated carbocycles. The van der Waals surface area contributed by atoms with Crippen LogP contribution in [0.1, 0.15) is 9.67 Å². The van der Waals surface area contributed by atoms with Crippen molar-refractivity contribution in [2.75, 3.05) is 5.32 Å². The SMILES string of the molecule is O=C(Nc1ccc(O)cc1Cl)c1cc2sccc2s1. The van der Waals surface area contributed by atoms with Gasteiger partial charge in [-0.25, -0.2) is 0 Å². The van der Waals surface area contributed by atoms with Crippen LogP contribution in [0.2, 0.25) is 5.02 Å². The maximum atomic E-state index is 12.1. The lowest BCUT2D eigenvalue weighted by Gasteiger charge is -2.05. The van der Waals surface area contributed by atoms with Gasteiger partial charge in [0.15, 0.2) is 0 Å². The van der Waals surface area contributed by atoms with Gasteiger partial charge >= 0.3 is 0 Å². The molecule has 3 nitrogen and oxygen atoms in total. The van der Waals surface area contributed by atoms with E-state index >= 15 is 0 Å². The summed E-state index contributed by atoms with van der Waals surface area (Å²) in [5.74, 6) is -0.124. The van der Waals surface area contributed by atoms with Crippen molar-refractivity contribution in [1.29, 1.82) is 0 Å². The fourth-order valence-corrected chi connectivity index (χ4v) is 3.89. The van der Waals surface area contributed by atoms with E-state index in [9.17, 15) is 9.90 Å². The van der Waals surface area contributed by atoms with E-state index in [4.69, 9.17) is 11.6 Å². The van der Waals surface area contributed by atoms with Crippen molar-refractivity contribution >= 4 is 55.3 Å². The molecular weight excluding hydrogens is 302 g/mol. The minimum Gasteiger partial charge on any atom is -0.508 e. The van der Waals surface area contributed by atoms with Crippen molar-refractivity contribution in [3.8, 4) is 5.75 Å². The molecule has 0 aliphatic carbocycles. The summed E-state index contributed by atoms with van der Waals surface area (Å²) in [5, 5.41) is 14.3. The Balaban J connectivity index is 1.86. The Kier molecular flexibility index (Phi) is 3.18. The molecule has 1 amide bonds.